The van der Waals surface area contributed by atoms with Crippen LogP contribution in [-0.2, 0) is 6.42 Å². The Kier molecular flexibility index (Phi) is 5.66. The maximum Gasteiger partial charge on any atom is 0.0757 e. The van der Waals surface area contributed by atoms with Crippen LogP contribution in [0.3, 0.4) is 0 Å². The molecule has 2 aliphatic heterocycles. The molecular formula is C27H32N4. The molecule has 0 amide bonds. The molecule has 31 heavy (non-hydrogen) atoms. The van der Waals surface area contributed by atoms with E-state index in [0.717, 1.165) is 45.6 Å². The number of anilines is 1. The van der Waals surface area contributed by atoms with E-state index in [1.165, 1.54) is 33.4 Å². The average Bonchev–Trinajstić information content (AvgIpc) is 3.15. The maximum atomic E-state index is 3.94. The number of aromatic amines is 1. The minimum Gasteiger partial charge on any atom is -0.380 e. The smallest absolute Gasteiger partial charge is 0.0757 e. The van der Waals surface area contributed by atoms with E-state index < -0.39 is 0 Å². The van der Waals surface area contributed by atoms with E-state index in [9.17, 15) is 0 Å². The molecule has 2 aliphatic rings. The van der Waals surface area contributed by atoms with E-state index in [1.54, 1.807) is 0 Å². The molecule has 5 rings (SSSR count). The monoisotopic (exact) mass is 412 g/mol. The third-order valence-corrected chi connectivity index (χ3v) is 6.70. The summed E-state index contributed by atoms with van der Waals surface area (Å²) in [6.07, 6.45) is 6.11. The molecule has 0 spiro atoms. The number of rotatable bonds is 8. The third-order valence-electron chi connectivity index (χ3n) is 6.70. The zero-order chi connectivity index (χ0) is 21.2. The van der Waals surface area contributed by atoms with Crippen molar-refractivity contribution in [3.63, 3.8) is 0 Å². The summed E-state index contributed by atoms with van der Waals surface area (Å²) in [5, 5.41) is 5.05. The van der Waals surface area contributed by atoms with Crippen molar-refractivity contribution >= 4 is 16.6 Å². The number of H-pyrrole nitrogens is 1. The molecule has 0 unspecified atom stereocenters. The van der Waals surface area contributed by atoms with E-state index in [0.29, 0.717) is 6.04 Å². The second kappa shape index (κ2) is 8.74. The van der Waals surface area contributed by atoms with Gasteiger partial charge in [0.25, 0.3) is 0 Å². The molecule has 4 heteroatoms. The number of hydrogen-bond donors (Lipinski definition) is 2. The number of nitrogens with one attached hydrogen (secondary N) is 2. The molecule has 1 atom stereocenters. The number of benzene rings is 2. The molecule has 1 fully saturated rings. The minimum absolute atomic E-state index is 0.261. The first-order valence-corrected chi connectivity index (χ1v) is 11.4. The molecule has 160 valence electrons. The Labute approximate surface area is 185 Å². The lowest BCUT2D eigenvalue weighted by molar-refractivity contribution is 0.181. The van der Waals surface area contributed by atoms with E-state index >= 15 is 0 Å². The van der Waals surface area contributed by atoms with E-state index in [2.05, 4.69) is 81.8 Å². The minimum atomic E-state index is 0.261. The van der Waals surface area contributed by atoms with Crippen molar-refractivity contribution < 1.29 is 0 Å². The van der Waals surface area contributed by atoms with E-state index in [4.69, 9.17) is 0 Å². The Hall–Kier alpha value is -2.82. The standard InChI is InChI=1S/C27H32N4/c1-3-5-16-31-17-14-24-23-8-6-7-9-25(23)29-26(24)27(31)20-10-12-21(13-11-20)28-22-18-30(19-22)15-4-2/h3-4,6-13,22,27-29H,1-2,5,14-19H2/t27-/m1/s1. The number of hydrogen-bond acceptors (Lipinski definition) is 3. The van der Waals surface area contributed by atoms with Gasteiger partial charge >= 0.3 is 0 Å². The number of para-hydroxylation sites is 1. The Morgan fingerprint density at radius 2 is 1.84 bits per heavy atom. The Bertz CT molecular complexity index is 1060. The van der Waals surface area contributed by atoms with Crippen molar-refractivity contribution in [1.82, 2.24) is 14.8 Å². The second-order valence-corrected chi connectivity index (χ2v) is 8.80. The molecule has 4 nitrogen and oxygen atoms in total. The van der Waals surface area contributed by atoms with Gasteiger partial charge in [-0.25, -0.2) is 0 Å². The molecule has 0 bridgehead atoms. The van der Waals surface area contributed by atoms with Crippen LogP contribution < -0.4 is 5.32 Å². The molecule has 0 radical (unpaired) electrons. The van der Waals surface area contributed by atoms with Gasteiger partial charge in [-0.15, -0.1) is 13.2 Å². The highest BCUT2D eigenvalue weighted by molar-refractivity contribution is 5.85. The summed E-state index contributed by atoms with van der Waals surface area (Å²) >= 11 is 0. The SMILES string of the molecule is C=CCCN1CCc2c([nH]c3ccccc23)[C@H]1c1ccc(NC2CN(CC=C)C2)cc1. The quantitative estimate of drug-likeness (QED) is 0.513. The van der Waals surface area contributed by atoms with Gasteiger partial charge in [-0.1, -0.05) is 42.5 Å². The number of fused-ring (bicyclic) bond motifs is 3. The fourth-order valence-corrected chi connectivity index (χ4v) is 5.16. The summed E-state index contributed by atoms with van der Waals surface area (Å²) < 4.78 is 0. The number of aromatic nitrogens is 1. The topological polar surface area (TPSA) is 34.3 Å². The van der Waals surface area contributed by atoms with Gasteiger partial charge in [0, 0.05) is 55.0 Å². The van der Waals surface area contributed by atoms with Crippen molar-refractivity contribution in [1.29, 1.82) is 0 Å². The zero-order valence-electron chi connectivity index (χ0n) is 18.2. The van der Waals surface area contributed by atoms with Crippen LogP contribution in [0, 0.1) is 0 Å². The first-order chi connectivity index (χ1) is 15.3. The van der Waals surface area contributed by atoms with Crippen molar-refractivity contribution in [2.45, 2.75) is 24.9 Å². The fraction of sp³-hybridized carbons (Fsp3) is 0.333. The fourth-order valence-electron chi connectivity index (χ4n) is 5.16. The van der Waals surface area contributed by atoms with Crippen molar-refractivity contribution in [2.75, 3.05) is 38.0 Å². The Balaban J connectivity index is 1.40. The highest BCUT2D eigenvalue weighted by Crippen LogP contribution is 2.38. The molecule has 0 aliphatic carbocycles. The van der Waals surface area contributed by atoms with Crippen LogP contribution in [0.5, 0.6) is 0 Å². The van der Waals surface area contributed by atoms with E-state index in [1.807, 2.05) is 12.2 Å². The van der Waals surface area contributed by atoms with Crippen LogP contribution >= 0.6 is 0 Å². The average molecular weight is 413 g/mol. The Morgan fingerprint density at radius 1 is 1.03 bits per heavy atom. The predicted molar refractivity (Wildman–Crippen MR) is 131 cm³/mol. The van der Waals surface area contributed by atoms with Crippen LogP contribution in [0.1, 0.15) is 29.3 Å². The van der Waals surface area contributed by atoms with Crippen LogP contribution in [0.25, 0.3) is 10.9 Å². The van der Waals surface area contributed by atoms with Gasteiger partial charge in [0.15, 0.2) is 0 Å². The molecular weight excluding hydrogens is 380 g/mol. The summed E-state index contributed by atoms with van der Waals surface area (Å²) in [4.78, 5) is 8.75. The van der Waals surface area contributed by atoms with Crippen molar-refractivity contribution in [3.05, 3.63) is 90.7 Å². The summed E-state index contributed by atoms with van der Waals surface area (Å²) in [6, 6.07) is 18.6. The lowest BCUT2D eigenvalue weighted by Crippen LogP contribution is -2.54. The van der Waals surface area contributed by atoms with Crippen LogP contribution in [0.15, 0.2) is 73.8 Å². The maximum absolute atomic E-state index is 3.94. The first kappa shape index (κ1) is 20.1. The van der Waals surface area contributed by atoms with Crippen LogP contribution in [0.2, 0.25) is 0 Å². The van der Waals surface area contributed by atoms with Gasteiger partial charge in [-0.05, 0) is 42.2 Å². The lowest BCUT2D eigenvalue weighted by Gasteiger charge is -2.39. The largest absolute Gasteiger partial charge is 0.380 e. The van der Waals surface area contributed by atoms with Crippen LogP contribution in [-0.4, -0.2) is 53.5 Å². The molecule has 3 aromatic rings. The number of likely N-dealkylation sites (tertiary alicyclic amines) is 1. The Morgan fingerprint density at radius 3 is 2.61 bits per heavy atom. The summed E-state index contributed by atoms with van der Waals surface area (Å²) in [5.74, 6) is 0. The van der Waals surface area contributed by atoms with E-state index in [-0.39, 0.29) is 6.04 Å². The number of nitrogens with zero attached hydrogens (tertiary/aromatic N) is 2. The van der Waals surface area contributed by atoms with Gasteiger partial charge in [0.05, 0.1) is 12.1 Å². The first-order valence-electron chi connectivity index (χ1n) is 11.4. The summed E-state index contributed by atoms with van der Waals surface area (Å²) in [7, 11) is 0. The zero-order valence-corrected chi connectivity index (χ0v) is 18.2. The molecule has 1 saturated heterocycles. The summed E-state index contributed by atoms with van der Waals surface area (Å²) in [5.41, 5.74) is 6.64. The normalized spacial score (nSPS) is 19.7. The van der Waals surface area contributed by atoms with Crippen LogP contribution in [0.4, 0.5) is 5.69 Å². The third kappa shape index (κ3) is 3.93. The molecule has 0 saturated carbocycles. The molecule has 2 N–H and O–H groups in total. The van der Waals surface area contributed by atoms with Crippen molar-refractivity contribution in [3.8, 4) is 0 Å². The van der Waals surface area contributed by atoms with Gasteiger partial charge in [-0.3, -0.25) is 9.80 Å². The molecule has 2 aromatic carbocycles. The second-order valence-electron chi connectivity index (χ2n) is 8.80. The van der Waals surface area contributed by atoms with Crippen molar-refractivity contribution in [2.24, 2.45) is 0 Å². The highest BCUT2D eigenvalue weighted by Gasteiger charge is 2.31. The summed E-state index contributed by atoms with van der Waals surface area (Å²) in [6.45, 7) is 13.0. The van der Waals surface area contributed by atoms with Gasteiger partial charge in [-0.2, -0.15) is 0 Å². The lowest BCUT2D eigenvalue weighted by atomic mass is 9.92. The van der Waals surface area contributed by atoms with Gasteiger partial charge in [0.2, 0.25) is 0 Å². The van der Waals surface area contributed by atoms with Gasteiger partial charge < -0.3 is 10.3 Å². The predicted octanol–water partition coefficient (Wildman–Crippen LogP) is 4.97. The van der Waals surface area contributed by atoms with Gasteiger partial charge in [0.1, 0.15) is 0 Å². The molecule has 1 aromatic heterocycles. The molecule has 3 heterocycles. The highest BCUT2D eigenvalue weighted by atomic mass is 15.2.